The summed E-state index contributed by atoms with van der Waals surface area (Å²) in [7, 11) is 1.64. The van der Waals surface area contributed by atoms with Gasteiger partial charge < -0.3 is 15.4 Å². The predicted octanol–water partition coefficient (Wildman–Crippen LogP) is 2.75. The number of nitrogens with one attached hydrogen (secondary N) is 2. The van der Waals surface area contributed by atoms with E-state index in [4.69, 9.17) is 4.74 Å². The van der Waals surface area contributed by atoms with E-state index in [1.54, 1.807) is 13.3 Å². The van der Waals surface area contributed by atoms with Crippen molar-refractivity contribution >= 4 is 28.5 Å². The van der Waals surface area contributed by atoms with Crippen LogP contribution in [-0.2, 0) is 0 Å². The molecule has 2 heterocycles. The van der Waals surface area contributed by atoms with Gasteiger partial charge in [-0.05, 0) is 37.1 Å². The third-order valence-electron chi connectivity index (χ3n) is 3.64. The van der Waals surface area contributed by atoms with Gasteiger partial charge >= 0.3 is 0 Å². The highest BCUT2D eigenvalue weighted by molar-refractivity contribution is 5.87. The van der Waals surface area contributed by atoms with Crippen LogP contribution in [0.15, 0.2) is 36.8 Å². The minimum atomic E-state index is 0.495. The average molecular weight is 308 g/mol. The maximum atomic E-state index is 5.17. The molecule has 2 N–H and O–H groups in total. The lowest BCUT2D eigenvalue weighted by atomic mass is 10.3. The first kappa shape index (κ1) is 13.7. The first-order chi connectivity index (χ1) is 11.3. The first-order valence-corrected chi connectivity index (χ1v) is 7.47. The molecule has 0 aliphatic heterocycles. The molecule has 0 atom stereocenters. The van der Waals surface area contributed by atoms with E-state index < -0.39 is 0 Å². The molecule has 4 rings (SSSR count). The molecule has 3 aromatic rings. The van der Waals surface area contributed by atoms with E-state index >= 15 is 0 Å². The van der Waals surface area contributed by atoms with Crippen LogP contribution < -0.4 is 15.4 Å². The lowest BCUT2D eigenvalue weighted by Gasteiger charge is -2.09. The summed E-state index contributed by atoms with van der Waals surface area (Å²) in [5.74, 6) is 2.08. The Bertz CT molecular complexity index is 832. The maximum Gasteiger partial charge on any atom is 0.223 e. The Hall–Kier alpha value is -2.96. The van der Waals surface area contributed by atoms with Crippen molar-refractivity contribution in [3.05, 3.63) is 36.8 Å². The van der Waals surface area contributed by atoms with Crippen LogP contribution in [-0.4, -0.2) is 33.1 Å². The van der Waals surface area contributed by atoms with Crippen LogP contribution in [0.3, 0.4) is 0 Å². The minimum absolute atomic E-state index is 0.495. The molecular formula is C16H16N6O. The topological polar surface area (TPSA) is 84.8 Å². The molecule has 2 aromatic heterocycles. The van der Waals surface area contributed by atoms with Crippen LogP contribution >= 0.6 is 0 Å². The van der Waals surface area contributed by atoms with Gasteiger partial charge in [-0.15, -0.1) is 0 Å². The summed E-state index contributed by atoms with van der Waals surface area (Å²) < 4.78 is 5.17. The van der Waals surface area contributed by atoms with Crippen molar-refractivity contribution in [2.45, 2.75) is 18.9 Å². The van der Waals surface area contributed by atoms with E-state index in [2.05, 4.69) is 30.6 Å². The van der Waals surface area contributed by atoms with Crippen LogP contribution in [0.25, 0.3) is 11.0 Å². The largest absolute Gasteiger partial charge is 0.497 e. The first-order valence-electron chi connectivity index (χ1n) is 7.47. The number of benzene rings is 1. The van der Waals surface area contributed by atoms with Gasteiger partial charge in [0.05, 0.1) is 13.3 Å². The molecule has 0 spiro atoms. The van der Waals surface area contributed by atoms with Gasteiger partial charge in [0.2, 0.25) is 5.95 Å². The summed E-state index contributed by atoms with van der Waals surface area (Å²) in [6.07, 6.45) is 5.56. The average Bonchev–Trinajstić information content (AvgIpc) is 3.40. The molecule has 23 heavy (non-hydrogen) atoms. The van der Waals surface area contributed by atoms with Crippen LogP contribution in [0.2, 0.25) is 0 Å². The maximum absolute atomic E-state index is 5.17. The molecule has 1 saturated carbocycles. The quantitative estimate of drug-likeness (QED) is 0.749. The third-order valence-corrected chi connectivity index (χ3v) is 3.64. The van der Waals surface area contributed by atoms with Gasteiger partial charge in [0.15, 0.2) is 5.82 Å². The summed E-state index contributed by atoms with van der Waals surface area (Å²) in [6, 6.07) is 8.13. The zero-order chi connectivity index (χ0) is 15.6. The van der Waals surface area contributed by atoms with Crippen molar-refractivity contribution < 1.29 is 4.74 Å². The highest BCUT2D eigenvalue weighted by atomic mass is 16.5. The SMILES string of the molecule is COc1ccc(Nc2ncnc3cnc(NC4CC4)nc23)cc1. The number of nitrogens with zero attached hydrogens (tertiary/aromatic N) is 4. The van der Waals surface area contributed by atoms with Crippen molar-refractivity contribution in [1.82, 2.24) is 19.9 Å². The highest BCUT2D eigenvalue weighted by Gasteiger charge is 2.22. The van der Waals surface area contributed by atoms with Crippen molar-refractivity contribution in [2.75, 3.05) is 17.7 Å². The number of fused-ring (bicyclic) bond motifs is 1. The van der Waals surface area contributed by atoms with Gasteiger partial charge in [-0.3, -0.25) is 0 Å². The van der Waals surface area contributed by atoms with Gasteiger partial charge in [0, 0.05) is 11.7 Å². The van der Waals surface area contributed by atoms with E-state index in [0.717, 1.165) is 11.4 Å². The smallest absolute Gasteiger partial charge is 0.223 e. The number of hydrogen-bond acceptors (Lipinski definition) is 7. The van der Waals surface area contributed by atoms with Crippen LogP contribution in [0, 0.1) is 0 Å². The highest BCUT2D eigenvalue weighted by Crippen LogP contribution is 2.26. The monoisotopic (exact) mass is 308 g/mol. The molecule has 116 valence electrons. The summed E-state index contributed by atoms with van der Waals surface area (Å²) in [6.45, 7) is 0. The molecule has 1 aliphatic rings. The summed E-state index contributed by atoms with van der Waals surface area (Å²) in [4.78, 5) is 17.4. The summed E-state index contributed by atoms with van der Waals surface area (Å²) in [5.41, 5.74) is 2.31. The van der Waals surface area contributed by atoms with E-state index in [1.807, 2.05) is 24.3 Å². The fourth-order valence-corrected chi connectivity index (χ4v) is 2.24. The fraction of sp³-hybridized carbons (Fsp3) is 0.250. The second-order valence-corrected chi connectivity index (χ2v) is 5.42. The van der Waals surface area contributed by atoms with Crippen LogP contribution in [0.1, 0.15) is 12.8 Å². The standard InChI is InChI=1S/C16H16N6O/c1-23-12-6-4-10(5-7-12)20-15-14-13(18-9-19-15)8-17-16(22-14)21-11-2-3-11/h4-9,11H,2-3H2,1H3,(H,17,21,22)(H,18,19,20). The van der Waals surface area contributed by atoms with Gasteiger partial charge in [-0.1, -0.05) is 0 Å². The third kappa shape index (κ3) is 2.98. The lowest BCUT2D eigenvalue weighted by Crippen LogP contribution is -2.06. The minimum Gasteiger partial charge on any atom is -0.497 e. The van der Waals surface area contributed by atoms with E-state index in [0.29, 0.717) is 28.8 Å². The number of ether oxygens (including phenoxy) is 1. The molecule has 0 saturated heterocycles. The number of aromatic nitrogens is 4. The van der Waals surface area contributed by atoms with E-state index in [-0.39, 0.29) is 0 Å². The van der Waals surface area contributed by atoms with Crippen molar-refractivity contribution in [3.63, 3.8) is 0 Å². The van der Waals surface area contributed by atoms with Crippen LogP contribution in [0.5, 0.6) is 5.75 Å². The lowest BCUT2D eigenvalue weighted by molar-refractivity contribution is 0.415. The van der Waals surface area contributed by atoms with Gasteiger partial charge in [-0.2, -0.15) is 0 Å². The molecule has 7 heteroatoms. The Labute approximate surface area is 133 Å². The van der Waals surface area contributed by atoms with E-state index in [1.165, 1.54) is 19.2 Å². The molecule has 0 bridgehead atoms. The molecule has 1 aromatic carbocycles. The fourth-order valence-electron chi connectivity index (χ4n) is 2.24. The molecule has 0 radical (unpaired) electrons. The van der Waals surface area contributed by atoms with Gasteiger partial charge in [0.25, 0.3) is 0 Å². The number of hydrogen-bond donors (Lipinski definition) is 2. The number of anilines is 3. The summed E-state index contributed by atoms with van der Waals surface area (Å²) >= 11 is 0. The zero-order valence-electron chi connectivity index (χ0n) is 12.7. The second-order valence-electron chi connectivity index (χ2n) is 5.42. The van der Waals surface area contributed by atoms with Crippen LogP contribution in [0.4, 0.5) is 17.5 Å². The Kier molecular flexibility index (Phi) is 3.38. The molecule has 1 fully saturated rings. The Morgan fingerprint density at radius 2 is 1.91 bits per heavy atom. The number of rotatable bonds is 5. The van der Waals surface area contributed by atoms with Gasteiger partial charge in [-0.25, -0.2) is 19.9 Å². The molecule has 1 aliphatic carbocycles. The normalized spacial score (nSPS) is 13.8. The van der Waals surface area contributed by atoms with E-state index in [9.17, 15) is 0 Å². The number of methoxy groups -OCH3 is 1. The predicted molar refractivity (Wildman–Crippen MR) is 88.0 cm³/mol. The van der Waals surface area contributed by atoms with Gasteiger partial charge in [0.1, 0.15) is 23.1 Å². The molecule has 7 nitrogen and oxygen atoms in total. The second kappa shape index (κ2) is 5.68. The molecular weight excluding hydrogens is 292 g/mol. The van der Waals surface area contributed by atoms with Crippen molar-refractivity contribution in [2.24, 2.45) is 0 Å². The Balaban J connectivity index is 1.66. The van der Waals surface area contributed by atoms with Crippen molar-refractivity contribution in [3.8, 4) is 5.75 Å². The Morgan fingerprint density at radius 3 is 2.65 bits per heavy atom. The summed E-state index contributed by atoms with van der Waals surface area (Å²) in [5, 5.41) is 6.56. The van der Waals surface area contributed by atoms with Crippen molar-refractivity contribution in [1.29, 1.82) is 0 Å². The molecule has 0 amide bonds. The molecule has 0 unspecified atom stereocenters. The Morgan fingerprint density at radius 1 is 1.09 bits per heavy atom. The zero-order valence-corrected chi connectivity index (χ0v) is 12.7.